The number of hydrogen-bond acceptors (Lipinski definition) is 2. The summed E-state index contributed by atoms with van der Waals surface area (Å²) in [5.41, 5.74) is -0.0896. The minimum absolute atomic E-state index is 0.0107. The smallest absolute Gasteiger partial charge is 0.371 e. The summed E-state index contributed by atoms with van der Waals surface area (Å²) in [6.45, 7) is 6.10. The molecule has 72 valence electrons. The second-order valence-electron chi connectivity index (χ2n) is 3.71. The van der Waals surface area contributed by atoms with Gasteiger partial charge in [0.25, 0.3) is 0 Å². The molecule has 1 heterocycles. The quantitative estimate of drug-likeness (QED) is 0.781. The van der Waals surface area contributed by atoms with E-state index < -0.39 is 5.97 Å². The summed E-state index contributed by atoms with van der Waals surface area (Å²) in [7, 11) is 0. The Balaban J connectivity index is 2.98. The Morgan fingerprint density at radius 3 is 2.54 bits per heavy atom. The molecule has 13 heavy (non-hydrogen) atoms. The van der Waals surface area contributed by atoms with Gasteiger partial charge >= 0.3 is 5.97 Å². The number of hydrogen-bond donors (Lipinski definition) is 1. The molecule has 1 aromatic rings. The van der Waals surface area contributed by atoms with Gasteiger partial charge in [-0.25, -0.2) is 4.79 Å². The topological polar surface area (TPSA) is 50.4 Å². The molecule has 3 nitrogen and oxygen atoms in total. The first-order chi connectivity index (χ1) is 5.97. The van der Waals surface area contributed by atoms with Gasteiger partial charge in [-0.1, -0.05) is 20.8 Å². The van der Waals surface area contributed by atoms with Crippen LogP contribution >= 0.6 is 0 Å². The molecule has 0 saturated carbocycles. The lowest BCUT2D eigenvalue weighted by molar-refractivity contribution is 0.0658. The highest BCUT2D eigenvalue weighted by Crippen LogP contribution is 2.28. The van der Waals surface area contributed by atoms with Gasteiger partial charge in [0, 0.05) is 5.41 Å². The molecule has 0 amide bonds. The van der Waals surface area contributed by atoms with Crippen LogP contribution in [0.25, 0.3) is 0 Å². The van der Waals surface area contributed by atoms with E-state index in [1.807, 2.05) is 20.8 Å². The third-order valence-corrected chi connectivity index (χ3v) is 2.37. The Labute approximate surface area is 77.4 Å². The predicted octanol–water partition coefficient (Wildman–Crippen LogP) is 2.67. The van der Waals surface area contributed by atoms with Crippen molar-refractivity contribution in [3.05, 3.63) is 23.7 Å². The van der Waals surface area contributed by atoms with Crippen LogP contribution in [-0.2, 0) is 5.41 Å². The van der Waals surface area contributed by atoms with Crippen molar-refractivity contribution in [3.8, 4) is 0 Å². The Bertz CT molecular complexity index is 310. The maximum absolute atomic E-state index is 10.5. The summed E-state index contributed by atoms with van der Waals surface area (Å²) >= 11 is 0. The molecule has 0 fully saturated rings. The third-order valence-electron chi connectivity index (χ3n) is 2.37. The van der Waals surface area contributed by atoms with E-state index in [9.17, 15) is 4.79 Å². The molecular formula is C10H14O3. The molecule has 0 atom stereocenters. The highest BCUT2D eigenvalue weighted by molar-refractivity contribution is 5.84. The normalized spacial score (nSPS) is 11.6. The first-order valence-corrected chi connectivity index (χ1v) is 4.31. The van der Waals surface area contributed by atoms with E-state index in [4.69, 9.17) is 9.52 Å². The molecule has 0 aliphatic heterocycles. The van der Waals surface area contributed by atoms with Crippen molar-refractivity contribution >= 4 is 5.97 Å². The van der Waals surface area contributed by atoms with Gasteiger partial charge < -0.3 is 9.52 Å². The molecular weight excluding hydrogens is 168 g/mol. The lowest BCUT2D eigenvalue weighted by Crippen LogP contribution is -2.14. The van der Waals surface area contributed by atoms with Crippen LogP contribution in [0.2, 0.25) is 0 Å². The molecule has 1 N–H and O–H groups in total. The predicted molar refractivity (Wildman–Crippen MR) is 49.0 cm³/mol. The fourth-order valence-electron chi connectivity index (χ4n) is 0.991. The van der Waals surface area contributed by atoms with Crippen LogP contribution < -0.4 is 0 Å². The van der Waals surface area contributed by atoms with Crippen LogP contribution in [0.1, 0.15) is 43.5 Å². The highest BCUT2D eigenvalue weighted by Gasteiger charge is 2.23. The fraction of sp³-hybridized carbons (Fsp3) is 0.500. The average molecular weight is 182 g/mol. The summed E-state index contributed by atoms with van der Waals surface area (Å²) in [4.78, 5) is 10.5. The van der Waals surface area contributed by atoms with Crippen LogP contribution in [0.5, 0.6) is 0 Å². The molecule has 0 aromatic carbocycles. The van der Waals surface area contributed by atoms with Crippen molar-refractivity contribution in [1.82, 2.24) is 0 Å². The number of aromatic carboxylic acids is 1. The molecule has 0 saturated heterocycles. The lowest BCUT2D eigenvalue weighted by Gasteiger charge is -2.18. The van der Waals surface area contributed by atoms with Crippen molar-refractivity contribution < 1.29 is 14.3 Å². The van der Waals surface area contributed by atoms with E-state index in [-0.39, 0.29) is 11.2 Å². The number of rotatable bonds is 3. The van der Waals surface area contributed by atoms with Crippen LogP contribution in [-0.4, -0.2) is 11.1 Å². The van der Waals surface area contributed by atoms with Gasteiger partial charge in [0.1, 0.15) is 5.76 Å². The summed E-state index contributed by atoms with van der Waals surface area (Å²) in [5, 5.41) is 8.64. The van der Waals surface area contributed by atoms with Gasteiger partial charge in [0.15, 0.2) is 0 Å². The zero-order valence-corrected chi connectivity index (χ0v) is 8.13. The van der Waals surface area contributed by atoms with Crippen molar-refractivity contribution in [2.75, 3.05) is 0 Å². The van der Waals surface area contributed by atoms with E-state index in [0.717, 1.165) is 12.2 Å². The van der Waals surface area contributed by atoms with Gasteiger partial charge in [-0.2, -0.15) is 0 Å². The molecule has 0 aliphatic rings. The Morgan fingerprint density at radius 2 is 2.15 bits per heavy atom. The molecule has 3 heteroatoms. The third kappa shape index (κ3) is 1.91. The van der Waals surface area contributed by atoms with Crippen molar-refractivity contribution in [2.24, 2.45) is 0 Å². The van der Waals surface area contributed by atoms with E-state index in [1.54, 1.807) is 6.07 Å². The Morgan fingerprint density at radius 1 is 1.54 bits per heavy atom. The van der Waals surface area contributed by atoms with Gasteiger partial charge in [-0.05, 0) is 18.6 Å². The van der Waals surface area contributed by atoms with Gasteiger partial charge in [0.05, 0.1) is 0 Å². The van der Waals surface area contributed by atoms with Crippen LogP contribution in [0.4, 0.5) is 0 Å². The molecule has 0 bridgehead atoms. The van der Waals surface area contributed by atoms with Crippen molar-refractivity contribution in [3.63, 3.8) is 0 Å². The summed E-state index contributed by atoms with van der Waals surface area (Å²) in [6.07, 6.45) is 0.916. The molecule has 0 unspecified atom stereocenters. The summed E-state index contributed by atoms with van der Waals surface area (Å²) < 4.78 is 5.20. The minimum Gasteiger partial charge on any atom is -0.475 e. The maximum Gasteiger partial charge on any atom is 0.371 e. The van der Waals surface area contributed by atoms with Gasteiger partial charge in [0.2, 0.25) is 5.76 Å². The SMILES string of the molecule is CCC(C)(C)c1ccc(C(=O)O)o1. The summed E-state index contributed by atoms with van der Waals surface area (Å²) in [5.74, 6) is -0.276. The number of carboxylic acids is 1. The standard InChI is InChI=1S/C10H14O3/c1-4-10(2,3)8-6-5-7(13-8)9(11)12/h5-6H,4H2,1-3H3,(H,11,12). The van der Waals surface area contributed by atoms with E-state index >= 15 is 0 Å². The van der Waals surface area contributed by atoms with E-state index in [2.05, 4.69) is 0 Å². The van der Waals surface area contributed by atoms with Crippen LogP contribution in [0.15, 0.2) is 16.5 Å². The molecule has 1 rings (SSSR count). The first-order valence-electron chi connectivity index (χ1n) is 4.31. The number of carbonyl (C=O) groups is 1. The molecule has 0 radical (unpaired) electrons. The minimum atomic E-state index is -1.02. The van der Waals surface area contributed by atoms with Crippen molar-refractivity contribution in [1.29, 1.82) is 0 Å². The lowest BCUT2D eigenvalue weighted by atomic mass is 9.88. The molecule has 1 aromatic heterocycles. The largest absolute Gasteiger partial charge is 0.475 e. The van der Waals surface area contributed by atoms with Crippen LogP contribution in [0.3, 0.4) is 0 Å². The monoisotopic (exact) mass is 182 g/mol. The Hall–Kier alpha value is -1.25. The summed E-state index contributed by atoms with van der Waals surface area (Å²) in [6, 6.07) is 3.22. The second kappa shape index (κ2) is 3.24. The van der Waals surface area contributed by atoms with Crippen molar-refractivity contribution in [2.45, 2.75) is 32.6 Å². The number of furan rings is 1. The zero-order chi connectivity index (χ0) is 10.1. The van der Waals surface area contributed by atoms with E-state index in [0.29, 0.717) is 0 Å². The van der Waals surface area contributed by atoms with E-state index in [1.165, 1.54) is 6.07 Å². The first kappa shape index (κ1) is 9.84. The highest BCUT2D eigenvalue weighted by atomic mass is 16.4. The average Bonchev–Trinajstić information content (AvgIpc) is 2.52. The van der Waals surface area contributed by atoms with Gasteiger partial charge in [-0.3, -0.25) is 0 Å². The number of carboxylic acid groups (broad SMARTS) is 1. The van der Waals surface area contributed by atoms with Gasteiger partial charge in [-0.15, -0.1) is 0 Å². The Kier molecular flexibility index (Phi) is 2.45. The second-order valence-corrected chi connectivity index (χ2v) is 3.71. The zero-order valence-electron chi connectivity index (χ0n) is 8.13. The van der Waals surface area contributed by atoms with Crippen LogP contribution in [0, 0.1) is 0 Å². The molecule has 0 aliphatic carbocycles. The molecule has 0 spiro atoms. The fourth-order valence-corrected chi connectivity index (χ4v) is 0.991. The maximum atomic E-state index is 10.5.